The predicted molar refractivity (Wildman–Crippen MR) is 78.0 cm³/mol. The highest BCUT2D eigenvalue weighted by Gasteiger charge is 2.08. The van der Waals surface area contributed by atoms with E-state index in [9.17, 15) is 4.39 Å². The number of hydrogen-bond donors (Lipinski definition) is 2. The minimum Gasteiger partial charge on any atom is -0.381 e. The van der Waals surface area contributed by atoms with E-state index in [4.69, 9.17) is 17.3 Å². The monoisotopic (exact) mass is 278 g/mol. The van der Waals surface area contributed by atoms with E-state index < -0.39 is 0 Å². The van der Waals surface area contributed by atoms with E-state index >= 15 is 0 Å². The number of rotatable bonds is 5. The molecule has 0 aliphatic carbocycles. The second-order valence-electron chi connectivity index (χ2n) is 4.42. The average molecular weight is 279 g/mol. The Labute approximate surface area is 117 Å². The molecular weight excluding hydrogens is 263 g/mol. The van der Waals surface area contributed by atoms with Gasteiger partial charge in [0.2, 0.25) is 0 Å². The van der Waals surface area contributed by atoms with Gasteiger partial charge in [-0.3, -0.25) is 0 Å². The normalized spacial score (nSPS) is 12.2. The zero-order valence-electron chi connectivity index (χ0n) is 10.4. The van der Waals surface area contributed by atoms with Gasteiger partial charge < -0.3 is 11.1 Å². The Kier molecular flexibility index (Phi) is 4.77. The first-order valence-corrected chi connectivity index (χ1v) is 6.52. The first-order valence-electron chi connectivity index (χ1n) is 6.14. The third-order valence-corrected chi connectivity index (χ3v) is 3.06. The summed E-state index contributed by atoms with van der Waals surface area (Å²) in [5, 5.41) is 3.58. The zero-order chi connectivity index (χ0) is 13.7. The zero-order valence-corrected chi connectivity index (χ0v) is 11.2. The van der Waals surface area contributed by atoms with Gasteiger partial charge in [0.1, 0.15) is 5.82 Å². The minimum absolute atomic E-state index is 0.0419. The summed E-state index contributed by atoms with van der Waals surface area (Å²) in [6.45, 7) is 0.461. The van der Waals surface area contributed by atoms with Gasteiger partial charge >= 0.3 is 0 Å². The number of halogens is 2. The lowest BCUT2D eigenvalue weighted by atomic mass is 10.1. The average Bonchev–Trinajstić information content (AvgIpc) is 2.38. The summed E-state index contributed by atoms with van der Waals surface area (Å²) in [5.41, 5.74) is 7.59. The molecule has 0 amide bonds. The Morgan fingerprint density at radius 3 is 2.53 bits per heavy atom. The van der Waals surface area contributed by atoms with Crippen molar-refractivity contribution >= 4 is 17.3 Å². The maximum absolute atomic E-state index is 13.3. The molecule has 2 aromatic rings. The summed E-state index contributed by atoms with van der Waals surface area (Å²) in [7, 11) is 0. The van der Waals surface area contributed by atoms with E-state index in [0.717, 1.165) is 6.42 Å². The second kappa shape index (κ2) is 6.55. The molecular formula is C15H16ClFN2. The minimum atomic E-state index is -0.356. The Bertz CT molecular complexity index is 511. The maximum atomic E-state index is 13.3. The molecule has 3 N–H and O–H groups in total. The molecule has 0 bridgehead atoms. The fraction of sp³-hybridized carbons (Fsp3) is 0.200. The predicted octanol–water partition coefficient (Wildman–Crippen LogP) is 3.46. The summed E-state index contributed by atoms with van der Waals surface area (Å²) in [4.78, 5) is 0. The fourth-order valence-corrected chi connectivity index (χ4v) is 2.19. The SMILES string of the molecule is NCC(Cc1ccccc1)Nc1cc(F)cc(Cl)c1. The van der Waals surface area contributed by atoms with Crippen molar-refractivity contribution in [1.82, 2.24) is 0 Å². The molecule has 1 unspecified atom stereocenters. The molecule has 0 heterocycles. The highest BCUT2D eigenvalue weighted by atomic mass is 35.5. The fourth-order valence-electron chi connectivity index (χ4n) is 1.96. The van der Waals surface area contributed by atoms with E-state index in [1.54, 1.807) is 6.07 Å². The van der Waals surface area contributed by atoms with E-state index in [-0.39, 0.29) is 11.9 Å². The number of nitrogens with one attached hydrogen (secondary N) is 1. The number of anilines is 1. The lowest BCUT2D eigenvalue weighted by Crippen LogP contribution is -2.31. The van der Waals surface area contributed by atoms with Crippen molar-refractivity contribution in [2.24, 2.45) is 5.73 Å². The molecule has 19 heavy (non-hydrogen) atoms. The molecule has 0 spiro atoms. The van der Waals surface area contributed by atoms with Gasteiger partial charge in [0.05, 0.1) is 0 Å². The van der Waals surface area contributed by atoms with Crippen LogP contribution in [0.5, 0.6) is 0 Å². The number of nitrogens with two attached hydrogens (primary N) is 1. The van der Waals surface area contributed by atoms with Crippen LogP contribution in [-0.2, 0) is 6.42 Å². The molecule has 4 heteroatoms. The molecule has 0 aliphatic heterocycles. The van der Waals surface area contributed by atoms with Crippen molar-refractivity contribution in [3.63, 3.8) is 0 Å². The third-order valence-electron chi connectivity index (χ3n) is 2.84. The van der Waals surface area contributed by atoms with Crippen molar-refractivity contribution in [2.75, 3.05) is 11.9 Å². The van der Waals surface area contributed by atoms with E-state index in [0.29, 0.717) is 17.3 Å². The summed E-state index contributed by atoms with van der Waals surface area (Å²) >= 11 is 5.83. The number of hydrogen-bond acceptors (Lipinski definition) is 2. The summed E-state index contributed by atoms with van der Waals surface area (Å²) in [6.07, 6.45) is 0.783. The lowest BCUT2D eigenvalue weighted by Gasteiger charge is -2.18. The van der Waals surface area contributed by atoms with Gasteiger partial charge in [-0.15, -0.1) is 0 Å². The van der Waals surface area contributed by atoms with Gasteiger partial charge in [0.25, 0.3) is 0 Å². The Hall–Kier alpha value is -1.58. The molecule has 0 aromatic heterocycles. The molecule has 0 saturated heterocycles. The molecule has 100 valence electrons. The molecule has 2 aromatic carbocycles. The van der Waals surface area contributed by atoms with Crippen molar-refractivity contribution in [3.05, 3.63) is 64.9 Å². The van der Waals surface area contributed by atoms with Crippen LogP contribution >= 0.6 is 11.6 Å². The molecule has 2 rings (SSSR count). The van der Waals surface area contributed by atoms with E-state index in [1.165, 1.54) is 17.7 Å². The van der Waals surface area contributed by atoms with Crippen LogP contribution in [0.15, 0.2) is 48.5 Å². The van der Waals surface area contributed by atoms with Gasteiger partial charge in [-0.25, -0.2) is 4.39 Å². The summed E-state index contributed by atoms with van der Waals surface area (Å²) in [6, 6.07) is 14.5. The largest absolute Gasteiger partial charge is 0.381 e. The molecule has 0 aliphatic rings. The molecule has 2 nitrogen and oxygen atoms in total. The molecule has 0 radical (unpaired) electrons. The molecule has 0 fully saturated rings. The smallest absolute Gasteiger partial charge is 0.126 e. The van der Waals surface area contributed by atoms with Gasteiger partial charge in [0.15, 0.2) is 0 Å². The maximum Gasteiger partial charge on any atom is 0.126 e. The lowest BCUT2D eigenvalue weighted by molar-refractivity contribution is 0.627. The van der Waals surface area contributed by atoms with Crippen molar-refractivity contribution in [2.45, 2.75) is 12.5 Å². The Morgan fingerprint density at radius 2 is 1.89 bits per heavy atom. The van der Waals surface area contributed by atoms with Crippen LogP contribution < -0.4 is 11.1 Å². The van der Waals surface area contributed by atoms with Crippen LogP contribution in [0.1, 0.15) is 5.56 Å². The Morgan fingerprint density at radius 1 is 1.16 bits per heavy atom. The quantitative estimate of drug-likeness (QED) is 0.879. The van der Waals surface area contributed by atoms with Crippen LogP contribution in [0.2, 0.25) is 5.02 Å². The van der Waals surface area contributed by atoms with Crippen LogP contribution in [0.3, 0.4) is 0 Å². The highest BCUT2D eigenvalue weighted by molar-refractivity contribution is 6.30. The van der Waals surface area contributed by atoms with Crippen molar-refractivity contribution in [1.29, 1.82) is 0 Å². The van der Waals surface area contributed by atoms with Crippen LogP contribution in [0, 0.1) is 5.82 Å². The van der Waals surface area contributed by atoms with E-state index in [2.05, 4.69) is 5.32 Å². The highest BCUT2D eigenvalue weighted by Crippen LogP contribution is 2.19. The topological polar surface area (TPSA) is 38.0 Å². The number of benzene rings is 2. The van der Waals surface area contributed by atoms with Crippen molar-refractivity contribution < 1.29 is 4.39 Å². The first kappa shape index (κ1) is 13.8. The van der Waals surface area contributed by atoms with Crippen LogP contribution in [-0.4, -0.2) is 12.6 Å². The standard InChI is InChI=1S/C15H16ClFN2/c16-12-7-13(17)9-14(8-12)19-15(10-18)6-11-4-2-1-3-5-11/h1-5,7-9,15,19H,6,10,18H2. The van der Waals surface area contributed by atoms with Crippen LogP contribution in [0.25, 0.3) is 0 Å². The van der Waals surface area contributed by atoms with Crippen molar-refractivity contribution in [3.8, 4) is 0 Å². The Balaban J connectivity index is 2.06. The van der Waals surface area contributed by atoms with E-state index in [1.807, 2.05) is 30.3 Å². The molecule has 0 saturated carbocycles. The van der Waals surface area contributed by atoms with Gasteiger partial charge in [-0.05, 0) is 30.2 Å². The molecule has 1 atom stereocenters. The third kappa shape index (κ3) is 4.23. The van der Waals surface area contributed by atoms with Gasteiger partial charge in [0, 0.05) is 23.3 Å². The first-order chi connectivity index (χ1) is 9.17. The van der Waals surface area contributed by atoms with Gasteiger partial charge in [-0.2, -0.15) is 0 Å². The van der Waals surface area contributed by atoms with Gasteiger partial charge in [-0.1, -0.05) is 41.9 Å². The summed E-state index contributed by atoms with van der Waals surface area (Å²) in [5.74, 6) is -0.356. The summed E-state index contributed by atoms with van der Waals surface area (Å²) < 4.78 is 13.3. The second-order valence-corrected chi connectivity index (χ2v) is 4.86. The van der Waals surface area contributed by atoms with Crippen LogP contribution in [0.4, 0.5) is 10.1 Å².